The predicted octanol–water partition coefficient (Wildman–Crippen LogP) is 3.00. The third-order valence-electron chi connectivity index (χ3n) is 3.69. The van der Waals surface area contributed by atoms with Crippen LogP contribution in [-0.4, -0.2) is 11.6 Å². The van der Waals surface area contributed by atoms with Crippen molar-refractivity contribution in [2.24, 2.45) is 11.8 Å². The molecule has 0 aliphatic heterocycles. The van der Waals surface area contributed by atoms with Crippen molar-refractivity contribution in [3.8, 4) is 6.07 Å². The molecule has 0 saturated heterocycles. The van der Waals surface area contributed by atoms with E-state index in [-0.39, 0.29) is 17.5 Å². The zero-order valence-corrected chi connectivity index (χ0v) is 11.3. The smallest absolute Gasteiger partial charge is 0.187 e. The van der Waals surface area contributed by atoms with E-state index in [1.807, 2.05) is 26.0 Å². The zero-order chi connectivity index (χ0) is 14.0. The SMILES string of the molecule is Cc1cc(C)cc(C(=O)[C@H](C#N)C(=O)C2CCC2)c1. The van der Waals surface area contributed by atoms with Gasteiger partial charge in [-0.2, -0.15) is 5.26 Å². The number of carbonyl (C=O) groups excluding carboxylic acids is 2. The predicted molar refractivity (Wildman–Crippen MR) is 71.7 cm³/mol. The van der Waals surface area contributed by atoms with Gasteiger partial charge in [0.15, 0.2) is 17.5 Å². The first kappa shape index (κ1) is 13.5. The molecule has 0 N–H and O–H groups in total. The van der Waals surface area contributed by atoms with E-state index in [0.29, 0.717) is 5.56 Å². The first-order valence-electron chi connectivity index (χ1n) is 6.59. The molecule has 19 heavy (non-hydrogen) atoms. The summed E-state index contributed by atoms with van der Waals surface area (Å²) in [5.41, 5.74) is 2.41. The van der Waals surface area contributed by atoms with Crippen LogP contribution in [0.2, 0.25) is 0 Å². The fraction of sp³-hybridized carbons (Fsp3) is 0.438. The molecule has 98 valence electrons. The van der Waals surface area contributed by atoms with E-state index in [0.717, 1.165) is 30.4 Å². The topological polar surface area (TPSA) is 57.9 Å². The molecule has 1 atom stereocenters. The number of hydrogen-bond donors (Lipinski definition) is 0. The summed E-state index contributed by atoms with van der Waals surface area (Å²) in [7, 11) is 0. The van der Waals surface area contributed by atoms with Gasteiger partial charge in [0.1, 0.15) is 0 Å². The van der Waals surface area contributed by atoms with Gasteiger partial charge in [-0.05, 0) is 38.8 Å². The summed E-state index contributed by atoms with van der Waals surface area (Å²) in [6.45, 7) is 3.80. The molecule has 1 saturated carbocycles. The number of aryl methyl sites for hydroxylation is 2. The van der Waals surface area contributed by atoms with Gasteiger partial charge in [0.05, 0.1) is 6.07 Å². The maximum Gasteiger partial charge on any atom is 0.187 e. The van der Waals surface area contributed by atoms with Gasteiger partial charge >= 0.3 is 0 Å². The first-order valence-corrected chi connectivity index (χ1v) is 6.59. The van der Waals surface area contributed by atoms with Crippen molar-refractivity contribution in [1.29, 1.82) is 5.26 Å². The summed E-state index contributed by atoms with van der Waals surface area (Å²) >= 11 is 0. The third-order valence-corrected chi connectivity index (χ3v) is 3.69. The molecule has 0 spiro atoms. The molecule has 1 aromatic carbocycles. The molecule has 0 bridgehead atoms. The van der Waals surface area contributed by atoms with Crippen LogP contribution in [0.25, 0.3) is 0 Å². The molecule has 3 heteroatoms. The Morgan fingerprint density at radius 2 is 1.79 bits per heavy atom. The summed E-state index contributed by atoms with van der Waals surface area (Å²) in [6, 6.07) is 7.34. The number of ketones is 2. The second kappa shape index (κ2) is 5.36. The summed E-state index contributed by atoms with van der Waals surface area (Å²) in [4.78, 5) is 24.4. The van der Waals surface area contributed by atoms with Crippen molar-refractivity contribution in [3.05, 3.63) is 34.9 Å². The minimum absolute atomic E-state index is 0.0838. The van der Waals surface area contributed by atoms with Gasteiger partial charge in [0, 0.05) is 11.5 Å². The average molecular weight is 255 g/mol. The molecule has 0 amide bonds. The zero-order valence-electron chi connectivity index (χ0n) is 11.3. The normalized spacial score (nSPS) is 16.3. The molecule has 1 aliphatic carbocycles. The number of carbonyl (C=O) groups is 2. The fourth-order valence-corrected chi connectivity index (χ4v) is 2.46. The highest BCUT2D eigenvalue weighted by atomic mass is 16.2. The van der Waals surface area contributed by atoms with Crippen molar-refractivity contribution < 1.29 is 9.59 Å². The van der Waals surface area contributed by atoms with Crippen LogP contribution in [0.5, 0.6) is 0 Å². The highest BCUT2D eigenvalue weighted by molar-refractivity contribution is 6.13. The van der Waals surface area contributed by atoms with Gasteiger partial charge < -0.3 is 0 Å². The van der Waals surface area contributed by atoms with Gasteiger partial charge in [-0.1, -0.05) is 23.6 Å². The fourth-order valence-electron chi connectivity index (χ4n) is 2.46. The lowest BCUT2D eigenvalue weighted by Gasteiger charge is -2.25. The number of nitriles is 1. The summed E-state index contributed by atoms with van der Waals surface area (Å²) in [5, 5.41) is 9.14. The minimum atomic E-state index is -1.13. The minimum Gasteiger partial charge on any atom is -0.297 e. The average Bonchev–Trinajstić information content (AvgIpc) is 2.26. The van der Waals surface area contributed by atoms with Gasteiger partial charge in [0.2, 0.25) is 0 Å². The molecular weight excluding hydrogens is 238 g/mol. The lowest BCUT2D eigenvalue weighted by atomic mass is 9.76. The molecule has 3 nitrogen and oxygen atoms in total. The lowest BCUT2D eigenvalue weighted by Crippen LogP contribution is -2.32. The van der Waals surface area contributed by atoms with Crippen LogP contribution in [-0.2, 0) is 4.79 Å². The van der Waals surface area contributed by atoms with Gasteiger partial charge in [-0.3, -0.25) is 9.59 Å². The standard InChI is InChI=1S/C16H17NO2/c1-10-6-11(2)8-13(7-10)16(19)14(9-17)15(18)12-4-3-5-12/h6-8,12,14H,3-5H2,1-2H3/t14-/m1/s1. The van der Waals surface area contributed by atoms with Crippen molar-refractivity contribution in [2.75, 3.05) is 0 Å². The molecule has 0 radical (unpaired) electrons. The van der Waals surface area contributed by atoms with E-state index >= 15 is 0 Å². The molecule has 1 aromatic rings. The number of rotatable bonds is 4. The van der Waals surface area contributed by atoms with E-state index in [2.05, 4.69) is 0 Å². The van der Waals surface area contributed by atoms with Crippen LogP contribution < -0.4 is 0 Å². The molecule has 1 aliphatic rings. The van der Waals surface area contributed by atoms with E-state index in [1.165, 1.54) is 0 Å². The van der Waals surface area contributed by atoms with Gasteiger partial charge in [-0.15, -0.1) is 0 Å². The Kier molecular flexibility index (Phi) is 3.80. The Morgan fingerprint density at radius 3 is 2.21 bits per heavy atom. The quantitative estimate of drug-likeness (QED) is 0.614. The maximum absolute atomic E-state index is 12.3. The van der Waals surface area contributed by atoms with Crippen LogP contribution in [0.15, 0.2) is 18.2 Å². The van der Waals surface area contributed by atoms with Crippen LogP contribution in [0.3, 0.4) is 0 Å². The van der Waals surface area contributed by atoms with Crippen molar-refractivity contribution in [1.82, 2.24) is 0 Å². The van der Waals surface area contributed by atoms with Crippen LogP contribution in [0, 0.1) is 37.0 Å². The number of benzene rings is 1. The summed E-state index contributed by atoms with van der Waals surface area (Å²) < 4.78 is 0. The molecule has 0 heterocycles. The lowest BCUT2D eigenvalue weighted by molar-refractivity contribution is -0.126. The first-order chi connectivity index (χ1) is 9.02. The van der Waals surface area contributed by atoms with Crippen molar-refractivity contribution in [2.45, 2.75) is 33.1 Å². The summed E-state index contributed by atoms with van der Waals surface area (Å²) in [6.07, 6.45) is 2.65. The van der Waals surface area contributed by atoms with E-state index in [4.69, 9.17) is 5.26 Å². The molecule has 0 unspecified atom stereocenters. The largest absolute Gasteiger partial charge is 0.297 e. The molecular formula is C16H17NO2. The monoisotopic (exact) mass is 255 g/mol. The van der Waals surface area contributed by atoms with E-state index in [1.54, 1.807) is 12.1 Å². The van der Waals surface area contributed by atoms with Gasteiger partial charge in [-0.25, -0.2) is 0 Å². The Balaban J connectivity index is 2.25. The van der Waals surface area contributed by atoms with E-state index in [9.17, 15) is 9.59 Å². The van der Waals surface area contributed by atoms with Crippen LogP contribution >= 0.6 is 0 Å². The highest BCUT2D eigenvalue weighted by Gasteiger charge is 2.35. The van der Waals surface area contributed by atoms with Crippen molar-refractivity contribution in [3.63, 3.8) is 0 Å². The third kappa shape index (κ3) is 2.73. The summed E-state index contributed by atoms with van der Waals surface area (Å²) in [5.74, 6) is -1.77. The Bertz CT molecular complexity index is 544. The highest BCUT2D eigenvalue weighted by Crippen LogP contribution is 2.30. The van der Waals surface area contributed by atoms with Crippen molar-refractivity contribution >= 4 is 11.6 Å². The Labute approximate surface area is 113 Å². The Hall–Kier alpha value is -1.95. The van der Waals surface area contributed by atoms with Gasteiger partial charge in [0.25, 0.3) is 0 Å². The Morgan fingerprint density at radius 1 is 1.21 bits per heavy atom. The molecule has 2 rings (SSSR count). The second-order valence-electron chi connectivity index (χ2n) is 5.33. The van der Waals surface area contributed by atoms with E-state index < -0.39 is 5.92 Å². The number of Topliss-reactive ketones (excluding diaryl/α,β-unsaturated/α-hetero) is 2. The maximum atomic E-state index is 12.3. The number of nitrogens with zero attached hydrogens (tertiary/aromatic N) is 1. The molecule has 1 fully saturated rings. The van der Waals surface area contributed by atoms with Crippen LogP contribution in [0.4, 0.5) is 0 Å². The second-order valence-corrected chi connectivity index (χ2v) is 5.33. The number of hydrogen-bond acceptors (Lipinski definition) is 3. The molecule has 0 aromatic heterocycles. The van der Waals surface area contributed by atoms with Crippen LogP contribution in [0.1, 0.15) is 40.7 Å².